The number of nitrogens with one attached hydrogen (secondary N) is 1. The van der Waals surface area contributed by atoms with E-state index in [2.05, 4.69) is 33.9 Å². The molecule has 3 aromatic rings. The Morgan fingerprint density at radius 1 is 1.18 bits per heavy atom. The third-order valence-electron chi connectivity index (χ3n) is 5.39. The first kappa shape index (κ1) is 18.6. The van der Waals surface area contributed by atoms with Crippen LogP contribution in [-0.4, -0.2) is 32.2 Å². The number of para-hydroxylation sites is 1. The molecule has 3 heterocycles. The summed E-state index contributed by atoms with van der Waals surface area (Å²) in [6.45, 7) is 5.72. The van der Waals surface area contributed by atoms with Crippen LogP contribution in [0.25, 0.3) is 10.9 Å². The second kappa shape index (κ2) is 8.09. The van der Waals surface area contributed by atoms with Crippen molar-refractivity contribution < 1.29 is 4.79 Å². The number of fused-ring (bicyclic) bond motifs is 2. The Kier molecular flexibility index (Phi) is 5.37. The van der Waals surface area contributed by atoms with E-state index < -0.39 is 0 Å². The average molecular weight is 377 g/mol. The lowest BCUT2D eigenvalue weighted by Crippen LogP contribution is -2.27. The Morgan fingerprint density at radius 3 is 2.89 bits per heavy atom. The van der Waals surface area contributed by atoms with Crippen molar-refractivity contribution in [1.82, 2.24) is 25.1 Å². The van der Waals surface area contributed by atoms with Crippen LogP contribution in [0.3, 0.4) is 0 Å². The number of hydrogen-bond donors (Lipinski definition) is 1. The van der Waals surface area contributed by atoms with Gasteiger partial charge in [-0.3, -0.25) is 9.78 Å². The Hall–Kier alpha value is -2.76. The molecule has 6 heteroatoms. The van der Waals surface area contributed by atoms with Crippen LogP contribution in [0.15, 0.2) is 30.3 Å². The minimum Gasteiger partial charge on any atom is -0.352 e. The maximum Gasteiger partial charge on any atom is 0.252 e. The SMILES string of the molecule is CC(C)c1cc(C(=O)NCCc2nnc3n2CCCCC3)c2ccccc2n1. The molecule has 4 rings (SSSR count). The van der Waals surface area contributed by atoms with E-state index in [-0.39, 0.29) is 11.8 Å². The molecular formula is C22H27N5O. The monoisotopic (exact) mass is 377 g/mol. The van der Waals surface area contributed by atoms with Crippen molar-refractivity contribution >= 4 is 16.8 Å². The van der Waals surface area contributed by atoms with Crippen LogP contribution < -0.4 is 5.32 Å². The normalized spacial score (nSPS) is 14.1. The summed E-state index contributed by atoms with van der Waals surface area (Å²) in [6, 6.07) is 9.74. The number of rotatable bonds is 5. The molecule has 0 saturated carbocycles. The van der Waals surface area contributed by atoms with E-state index in [1.165, 1.54) is 19.3 Å². The highest BCUT2D eigenvalue weighted by atomic mass is 16.1. The molecule has 146 valence electrons. The van der Waals surface area contributed by atoms with Crippen molar-refractivity contribution in [1.29, 1.82) is 0 Å². The fourth-order valence-corrected chi connectivity index (χ4v) is 3.79. The van der Waals surface area contributed by atoms with Crippen molar-refractivity contribution in [3.8, 4) is 0 Å². The fraction of sp³-hybridized carbons (Fsp3) is 0.455. The maximum atomic E-state index is 12.9. The third kappa shape index (κ3) is 3.77. The Bertz CT molecular complexity index is 992. The molecule has 1 amide bonds. The summed E-state index contributed by atoms with van der Waals surface area (Å²) in [5, 5.41) is 12.6. The van der Waals surface area contributed by atoms with Gasteiger partial charge in [-0.05, 0) is 30.9 Å². The quantitative estimate of drug-likeness (QED) is 0.737. The fourth-order valence-electron chi connectivity index (χ4n) is 3.79. The summed E-state index contributed by atoms with van der Waals surface area (Å²) in [7, 11) is 0. The highest BCUT2D eigenvalue weighted by Crippen LogP contribution is 2.22. The van der Waals surface area contributed by atoms with E-state index in [0.717, 1.165) is 41.2 Å². The van der Waals surface area contributed by atoms with Crippen LogP contribution in [0.2, 0.25) is 0 Å². The number of pyridine rings is 1. The molecule has 0 spiro atoms. The number of aromatic nitrogens is 4. The molecule has 0 aliphatic carbocycles. The van der Waals surface area contributed by atoms with Gasteiger partial charge in [-0.1, -0.05) is 38.5 Å². The number of nitrogens with zero attached hydrogens (tertiary/aromatic N) is 4. The van der Waals surface area contributed by atoms with Gasteiger partial charge < -0.3 is 9.88 Å². The molecule has 0 saturated heterocycles. The third-order valence-corrected chi connectivity index (χ3v) is 5.39. The molecule has 0 radical (unpaired) electrons. The summed E-state index contributed by atoms with van der Waals surface area (Å²) < 4.78 is 2.23. The molecular weight excluding hydrogens is 350 g/mol. The summed E-state index contributed by atoms with van der Waals surface area (Å²) in [6.07, 6.45) is 5.29. The predicted octanol–water partition coefficient (Wildman–Crippen LogP) is 3.65. The Labute approximate surface area is 165 Å². The number of carbonyl (C=O) groups is 1. The van der Waals surface area contributed by atoms with Crippen LogP contribution in [0.4, 0.5) is 0 Å². The van der Waals surface area contributed by atoms with Gasteiger partial charge in [0.15, 0.2) is 0 Å². The summed E-state index contributed by atoms with van der Waals surface area (Å²) in [5.74, 6) is 2.26. The zero-order chi connectivity index (χ0) is 19.5. The van der Waals surface area contributed by atoms with Gasteiger partial charge in [0.05, 0.1) is 11.1 Å². The van der Waals surface area contributed by atoms with Gasteiger partial charge in [0, 0.05) is 37.0 Å². The number of carbonyl (C=O) groups excluding carboxylic acids is 1. The van der Waals surface area contributed by atoms with E-state index in [9.17, 15) is 4.79 Å². The van der Waals surface area contributed by atoms with Crippen molar-refractivity contribution in [2.24, 2.45) is 0 Å². The zero-order valence-corrected chi connectivity index (χ0v) is 16.6. The summed E-state index contributed by atoms with van der Waals surface area (Å²) in [4.78, 5) is 17.6. The minimum atomic E-state index is -0.0592. The van der Waals surface area contributed by atoms with Gasteiger partial charge in [-0.25, -0.2) is 0 Å². The highest BCUT2D eigenvalue weighted by molar-refractivity contribution is 6.06. The molecule has 28 heavy (non-hydrogen) atoms. The van der Waals surface area contributed by atoms with Gasteiger partial charge in [0.2, 0.25) is 0 Å². The van der Waals surface area contributed by atoms with Crippen LogP contribution >= 0.6 is 0 Å². The summed E-state index contributed by atoms with van der Waals surface area (Å²) in [5.41, 5.74) is 2.49. The number of hydrogen-bond acceptors (Lipinski definition) is 4. The number of amides is 1. The van der Waals surface area contributed by atoms with E-state index in [1.54, 1.807) is 0 Å². The number of aryl methyl sites for hydroxylation is 1. The first-order valence-corrected chi connectivity index (χ1v) is 10.2. The molecule has 0 bridgehead atoms. The van der Waals surface area contributed by atoms with Gasteiger partial charge in [-0.2, -0.15) is 0 Å². The van der Waals surface area contributed by atoms with Gasteiger partial charge in [0.25, 0.3) is 5.91 Å². The first-order valence-electron chi connectivity index (χ1n) is 10.2. The minimum absolute atomic E-state index is 0.0592. The van der Waals surface area contributed by atoms with Gasteiger partial charge in [-0.15, -0.1) is 10.2 Å². The lowest BCUT2D eigenvalue weighted by atomic mass is 10.0. The standard InChI is InChI=1S/C22H27N5O/c1-15(2)19-14-17(16-8-5-6-9-18(16)24-19)22(28)23-12-11-21-26-25-20-10-4-3-7-13-27(20)21/h5-6,8-9,14-15H,3-4,7,10-13H2,1-2H3,(H,23,28). The molecule has 6 nitrogen and oxygen atoms in total. The van der Waals surface area contributed by atoms with Crippen molar-refractivity contribution in [3.63, 3.8) is 0 Å². The van der Waals surface area contributed by atoms with Crippen LogP contribution in [0.5, 0.6) is 0 Å². The zero-order valence-electron chi connectivity index (χ0n) is 16.6. The molecule has 2 aromatic heterocycles. The van der Waals surface area contributed by atoms with Gasteiger partial charge in [0.1, 0.15) is 11.6 Å². The van der Waals surface area contributed by atoms with Crippen molar-refractivity contribution in [2.45, 2.75) is 58.4 Å². The van der Waals surface area contributed by atoms with E-state index in [4.69, 9.17) is 4.98 Å². The lowest BCUT2D eigenvalue weighted by Gasteiger charge is -2.12. The predicted molar refractivity (Wildman–Crippen MR) is 109 cm³/mol. The first-order chi connectivity index (χ1) is 13.6. The molecule has 0 fully saturated rings. The summed E-state index contributed by atoms with van der Waals surface area (Å²) >= 11 is 0. The Balaban J connectivity index is 1.49. The number of benzene rings is 1. The average Bonchev–Trinajstić information content (AvgIpc) is 2.93. The lowest BCUT2D eigenvalue weighted by molar-refractivity contribution is 0.0955. The van der Waals surface area contributed by atoms with Crippen LogP contribution in [0.1, 0.15) is 66.7 Å². The largest absolute Gasteiger partial charge is 0.352 e. The Morgan fingerprint density at radius 2 is 2.04 bits per heavy atom. The van der Waals surface area contributed by atoms with Gasteiger partial charge >= 0.3 is 0 Å². The second-order valence-electron chi connectivity index (χ2n) is 7.77. The molecule has 1 aromatic carbocycles. The van der Waals surface area contributed by atoms with Crippen molar-refractivity contribution in [2.75, 3.05) is 6.54 Å². The smallest absolute Gasteiger partial charge is 0.252 e. The van der Waals surface area contributed by atoms with Crippen molar-refractivity contribution in [3.05, 3.63) is 53.2 Å². The molecule has 1 aliphatic heterocycles. The van der Waals surface area contributed by atoms with Crippen LogP contribution in [-0.2, 0) is 19.4 Å². The molecule has 0 unspecified atom stereocenters. The van der Waals surface area contributed by atoms with E-state index in [0.29, 0.717) is 18.5 Å². The topological polar surface area (TPSA) is 72.7 Å². The maximum absolute atomic E-state index is 12.9. The van der Waals surface area contributed by atoms with E-state index >= 15 is 0 Å². The second-order valence-corrected chi connectivity index (χ2v) is 7.77. The molecule has 1 N–H and O–H groups in total. The van der Waals surface area contributed by atoms with E-state index in [1.807, 2.05) is 30.3 Å². The van der Waals surface area contributed by atoms with Crippen LogP contribution in [0, 0.1) is 0 Å². The highest BCUT2D eigenvalue weighted by Gasteiger charge is 2.16. The molecule has 0 atom stereocenters. The molecule has 1 aliphatic rings.